The number of nitrogens with zero attached hydrogens (tertiary/aromatic N) is 4. The number of thioether (sulfide) groups is 1. The molecule has 0 aliphatic heterocycles. The Morgan fingerprint density at radius 1 is 1.30 bits per heavy atom. The molecule has 8 nitrogen and oxygen atoms in total. The molecule has 0 saturated carbocycles. The predicted molar refractivity (Wildman–Crippen MR) is 70.5 cm³/mol. The fraction of sp³-hybridized carbons (Fsp3) is 0.182. The SMILES string of the molecule is O=C(O)CNC(=O)CSc1nnnn1-c1ccccc1. The van der Waals surface area contributed by atoms with Gasteiger partial charge in [-0.25, -0.2) is 0 Å². The summed E-state index contributed by atoms with van der Waals surface area (Å²) in [7, 11) is 0. The van der Waals surface area contributed by atoms with Crippen LogP contribution < -0.4 is 5.32 Å². The summed E-state index contributed by atoms with van der Waals surface area (Å²) < 4.78 is 1.51. The molecular weight excluding hydrogens is 282 g/mol. The molecule has 0 bridgehead atoms. The van der Waals surface area contributed by atoms with Gasteiger partial charge in [0.2, 0.25) is 11.1 Å². The molecule has 9 heteroatoms. The topological polar surface area (TPSA) is 110 Å². The summed E-state index contributed by atoms with van der Waals surface area (Å²) in [5.74, 6) is -1.43. The molecule has 0 spiro atoms. The van der Waals surface area contributed by atoms with Crippen LogP contribution in [0.4, 0.5) is 0 Å². The van der Waals surface area contributed by atoms with Gasteiger partial charge in [0, 0.05) is 0 Å². The minimum atomic E-state index is -1.09. The fourth-order valence-corrected chi connectivity index (χ4v) is 2.08. The van der Waals surface area contributed by atoms with Gasteiger partial charge in [-0.05, 0) is 22.6 Å². The van der Waals surface area contributed by atoms with E-state index < -0.39 is 12.5 Å². The van der Waals surface area contributed by atoms with Crippen LogP contribution in [0.5, 0.6) is 0 Å². The van der Waals surface area contributed by atoms with E-state index in [4.69, 9.17) is 5.11 Å². The Morgan fingerprint density at radius 2 is 2.05 bits per heavy atom. The van der Waals surface area contributed by atoms with Crippen LogP contribution >= 0.6 is 11.8 Å². The molecule has 0 atom stereocenters. The molecule has 0 radical (unpaired) electrons. The lowest BCUT2D eigenvalue weighted by molar-refractivity contribution is -0.137. The Bertz CT molecular complexity index is 601. The van der Waals surface area contributed by atoms with Gasteiger partial charge < -0.3 is 10.4 Å². The third-order valence-corrected chi connectivity index (χ3v) is 3.13. The van der Waals surface area contributed by atoms with Crippen LogP contribution in [0, 0.1) is 0 Å². The largest absolute Gasteiger partial charge is 0.480 e. The van der Waals surface area contributed by atoms with E-state index in [9.17, 15) is 9.59 Å². The molecule has 1 aromatic heterocycles. The van der Waals surface area contributed by atoms with Crippen LogP contribution in [0.15, 0.2) is 35.5 Å². The molecular formula is C11H11N5O3S. The highest BCUT2D eigenvalue weighted by molar-refractivity contribution is 7.99. The van der Waals surface area contributed by atoms with Crippen LogP contribution in [0.1, 0.15) is 0 Å². The van der Waals surface area contributed by atoms with Crippen LogP contribution in [0.25, 0.3) is 5.69 Å². The lowest BCUT2D eigenvalue weighted by Crippen LogP contribution is -2.30. The van der Waals surface area contributed by atoms with Crippen molar-refractivity contribution in [1.82, 2.24) is 25.5 Å². The van der Waals surface area contributed by atoms with Gasteiger partial charge in [-0.1, -0.05) is 30.0 Å². The number of nitrogens with one attached hydrogen (secondary N) is 1. The number of tetrazole rings is 1. The van der Waals surface area contributed by atoms with E-state index in [1.165, 1.54) is 4.68 Å². The summed E-state index contributed by atoms with van der Waals surface area (Å²) in [6.45, 7) is -0.400. The molecule has 0 fully saturated rings. The number of carbonyl (C=O) groups is 2. The van der Waals surface area contributed by atoms with Crippen molar-refractivity contribution < 1.29 is 14.7 Å². The second-order valence-corrected chi connectivity index (χ2v) is 4.61. The van der Waals surface area contributed by atoms with Gasteiger partial charge in [-0.2, -0.15) is 4.68 Å². The van der Waals surface area contributed by atoms with Gasteiger partial charge >= 0.3 is 5.97 Å². The first-order chi connectivity index (χ1) is 9.66. The minimum absolute atomic E-state index is 0.0421. The molecule has 104 valence electrons. The first-order valence-electron chi connectivity index (χ1n) is 5.62. The zero-order valence-corrected chi connectivity index (χ0v) is 11.1. The van der Waals surface area contributed by atoms with Crippen molar-refractivity contribution in [2.75, 3.05) is 12.3 Å². The number of carboxylic acid groups (broad SMARTS) is 1. The van der Waals surface area contributed by atoms with Gasteiger partial charge in [0.05, 0.1) is 11.4 Å². The molecule has 0 saturated heterocycles. The van der Waals surface area contributed by atoms with Crippen molar-refractivity contribution in [2.24, 2.45) is 0 Å². The molecule has 1 amide bonds. The number of aromatic nitrogens is 4. The second kappa shape index (κ2) is 6.66. The molecule has 1 heterocycles. The number of rotatable bonds is 6. The highest BCUT2D eigenvalue weighted by atomic mass is 32.2. The first kappa shape index (κ1) is 14.0. The number of amides is 1. The fourth-order valence-electron chi connectivity index (χ4n) is 1.36. The monoisotopic (exact) mass is 293 g/mol. The van der Waals surface area contributed by atoms with Crippen molar-refractivity contribution >= 4 is 23.6 Å². The van der Waals surface area contributed by atoms with Crippen LogP contribution in [0.2, 0.25) is 0 Å². The summed E-state index contributed by atoms with van der Waals surface area (Å²) in [6, 6.07) is 9.26. The van der Waals surface area contributed by atoms with Gasteiger partial charge in [-0.15, -0.1) is 5.10 Å². The number of para-hydroxylation sites is 1. The predicted octanol–water partition coefficient (Wildman–Crippen LogP) is -0.0448. The summed E-state index contributed by atoms with van der Waals surface area (Å²) in [5.41, 5.74) is 0.783. The first-order valence-corrected chi connectivity index (χ1v) is 6.60. The van der Waals surface area contributed by atoms with Crippen molar-refractivity contribution in [1.29, 1.82) is 0 Å². The van der Waals surface area contributed by atoms with Crippen LogP contribution in [0.3, 0.4) is 0 Å². The van der Waals surface area contributed by atoms with Gasteiger partial charge in [0.1, 0.15) is 6.54 Å². The van der Waals surface area contributed by atoms with Gasteiger partial charge in [-0.3, -0.25) is 9.59 Å². The number of carboxylic acids is 1. The van der Waals surface area contributed by atoms with E-state index in [1.54, 1.807) is 0 Å². The Labute approximate surface area is 118 Å². The van der Waals surface area contributed by atoms with Crippen molar-refractivity contribution in [3.63, 3.8) is 0 Å². The molecule has 2 aromatic rings. The van der Waals surface area contributed by atoms with Crippen molar-refractivity contribution in [3.8, 4) is 5.69 Å². The highest BCUT2D eigenvalue weighted by Gasteiger charge is 2.11. The molecule has 2 N–H and O–H groups in total. The lowest BCUT2D eigenvalue weighted by Gasteiger charge is -2.04. The van der Waals surface area contributed by atoms with E-state index in [0.29, 0.717) is 5.16 Å². The van der Waals surface area contributed by atoms with E-state index >= 15 is 0 Å². The van der Waals surface area contributed by atoms with Crippen LogP contribution in [-0.2, 0) is 9.59 Å². The number of carbonyl (C=O) groups excluding carboxylic acids is 1. The van der Waals surface area contributed by atoms with E-state index in [0.717, 1.165) is 17.4 Å². The summed E-state index contributed by atoms with van der Waals surface area (Å²) in [5, 5.41) is 22.4. The van der Waals surface area contributed by atoms with Gasteiger partial charge in [0.15, 0.2) is 0 Å². The number of aliphatic carboxylic acids is 1. The van der Waals surface area contributed by atoms with E-state index in [-0.39, 0.29) is 11.7 Å². The molecule has 0 aliphatic carbocycles. The maximum Gasteiger partial charge on any atom is 0.322 e. The summed E-state index contributed by atoms with van der Waals surface area (Å²) >= 11 is 1.13. The average Bonchev–Trinajstić information content (AvgIpc) is 2.92. The van der Waals surface area contributed by atoms with E-state index in [1.807, 2.05) is 30.3 Å². The van der Waals surface area contributed by atoms with Crippen LogP contribution in [-0.4, -0.2) is 49.5 Å². The summed E-state index contributed by atoms with van der Waals surface area (Å²) in [4.78, 5) is 21.7. The Kier molecular flexibility index (Phi) is 4.66. The number of hydrogen-bond acceptors (Lipinski definition) is 6. The second-order valence-electron chi connectivity index (χ2n) is 3.67. The molecule has 1 aromatic carbocycles. The van der Waals surface area contributed by atoms with Crippen molar-refractivity contribution in [3.05, 3.63) is 30.3 Å². The Balaban J connectivity index is 1.96. The molecule has 20 heavy (non-hydrogen) atoms. The smallest absolute Gasteiger partial charge is 0.322 e. The van der Waals surface area contributed by atoms with Gasteiger partial charge in [0.25, 0.3) is 0 Å². The minimum Gasteiger partial charge on any atom is -0.480 e. The molecule has 2 rings (SSSR count). The molecule has 0 unspecified atom stereocenters. The third-order valence-electron chi connectivity index (χ3n) is 2.21. The number of benzene rings is 1. The van der Waals surface area contributed by atoms with E-state index in [2.05, 4.69) is 20.8 Å². The highest BCUT2D eigenvalue weighted by Crippen LogP contribution is 2.17. The Hall–Kier alpha value is -2.42. The average molecular weight is 293 g/mol. The normalized spacial score (nSPS) is 10.2. The van der Waals surface area contributed by atoms with Crippen molar-refractivity contribution in [2.45, 2.75) is 5.16 Å². The third kappa shape index (κ3) is 3.79. The standard InChI is InChI=1S/C11H11N5O3S/c17-9(12-6-10(18)19)7-20-11-13-14-15-16(11)8-4-2-1-3-5-8/h1-5H,6-7H2,(H,12,17)(H,18,19). The zero-order chi connectivity index (χ0) is 14.4. The molecule has 0 aliphatic rings. The zero-order valence-electron chi connectivity index (χ0n) is 10.3. The maximum absolute atomic E-state index is 11.4. The quantitative estimate of drug-likeness (QED) is 0.719. The number of hydrogen-bond donors (Lipinski definition) is 2. The Morgan fingerprint density at radius 3 is 2.75 bits per heavy atom. The lowest BCUT2D eigenvalue weighted by atomic mass is 10.3. The summed E-state index contributed by atoms with van der Waals surface area (Å²) in [6.07, 6.45) is 0. The maximum atomic E-state index is 11.4.